The van der Waals surface area contributed by atoms with Gasteiger partial charge in [0, 0.05) is 48.5 Å². The highest BCUT2D eigenvalue weighted by molar-refractivity contribution is 5.91. The first kappa shape index (κ1) is 22.4. The van der Waals surface area contributed by atoms with Crippen LogP contribution in [0.25, 0.3) is 11.4 Å². The van der Waals surface area contributed by atoms with Crippen molar-refractivity contribution in [3.8, 4) is 11.4 Å². The summed E-state index contributed by atoms with van der Waals surface area (Å²) in [4.78, 5) is 36.3. The minimum Gasteiger partial charge on any atom is -0.364 e. The zero-order chi connectivity index (χ0) is 23.6. The lowest BCUT2D eigenvalue weighted by Crippen LogP contribution is -2.21. The average Bonchev–Trinajstić information content (AvgIpc) is 3.18. The fraction of sp³-hybridized carbons (Fsp3) is 0.261. The SMILES string of the molecule is NC(=O)c1cc(C[C@H]2CCNC2=O)nc(-c2ccc(Cc3ccc(C(F)(F)F)cn3)cc2)n1. The maximum Gasteiger partial charge on any atom is 0.417 e. The van der Waals surface area contributed by atoms with Gasteiger partial charge in [0.2, 0.25) is 5.91 Å². The highest BCUT2D eigenvalue weighted by atomic mass is 19.4. The Kier molecular flexibility index (Phi) is 6.08. The van der Waals surface area contributed by atoms with Crippen LogP contribution in [0.5, 0.6) is 0 Å². The van der Waals surface area contributed by atoms with Gasteiger partial charge >= 0.3 is 6.18 Å². The number of nitrogens with two attached hydrogens (primary N) is 1. The average molecular weight is 455 g/mol. The van der Waals surface area contributed by atoms with E-state index >= 15 is 0 Å². The molecule has 1 aliphatic heterocycles. The standard InChI is InChI=1S/C23H20F3N5O2/c24-23(25,26)16-5-6-17(29-12-16)9-13-1-3-14(4-2-13)21-30-18(11-19(31-21)20(27)32)10-15-7-8-28-22(15)33/h1-6,11-12,15H,7-10H2,(H2,27,32)(H,28,33)/t15-/m1/s1. The number of nitrogens with zero attached hydrogens (tertiary/aromatic N) is 3. The Bertz CT molecular complexity index is 1180. The third-order valence-electron chi connectivity index (χ3n) is 5.40. The molecule has 2 aromatic heterocycles. The van der Waals surface area contributed by atoms with Crippen LogP contribution >= 0.6 is 0 Å². The number of halogens is 3. The fourth-order valence-corrected chi connectivity index (χ4v) is 3.63. The molecule has 33 heavy (non-hydrogen) atoms. The highest BCUT2D eigenvalue weighted by Gasteiger charge is 2.30. The Labute approximate surface area is 187 Å². The van der Waals surface area contributed by atoms with E-state index in [2.05, 4.69) is 20.3 Å². The summed E-state index contributed by atoms with van der Waals surface area (Å²) in [7, 11) is 0. The van der Waals surface area contributed by atoms with E-state index in [1.54, 1.807) is 24.3 Å². The Balaban J connectivity index is 1.54. The second-order valence-corrected chi connectivity index (χ2v) is 7.82. The minimum atomic E-state index is -4.42. The van der Waals surface area contributed by atoms with E-state index in [1.165, 1.54) is 12.1 Å². The van der Waals surface area contributed by atoms with Crippen molar-refractivity contribution < 1.29 is 22.8 Å². The number of carbonyl (C=O) groups is 2. The summed E-state index contributed by atoms with van der Waals surface area (Å²) in [6.07, 6.45) is -2.19. The number of benzene rings is 1. The van der Waals surface area contributed by atoms with Crippen molar-refractivity contribution in [2.24, 2.45) is 11.7 Å². The molecule has 0 spiro atoms. The molecule has 2 amide bonds. The van der Waals surface area contributed by atoms with Crippen LogP contribution in [0.2, 0.25) is 0 Å². The van der Waals surface area contributed by atoms with Gasteiger partial charge in [-0.25, -0.2) is 9.97 Å². The summed E-state index contributed by atoms with van der Waals surface area (Å²) in [5.74, 6) is -0.649. The smallest absolute Gasteiger partial charge is 0.364 e. The summed E-state index contributed by atoms with van der Waals surface area (Å²) in [5, 5.41) is 2.78. The molecule has 1 aliphatic rings. The van der Waals surface area contributed by atoms with Gasteiger partial charge in [-0.1, -0.05) is 24.3 Å². The van der Waals surface area contributed by atoms with Crippen LogP contribution in [0.1, 0.15) is 39.4 Å². The van der Waals surface area contributed by atoms with Gasteiger partial charge in [0.1, 0.15) is 5.69 Å². The molecular weight excluding hydrogens is 435 g/mol. The van der Waals surface area contributed by atoms with E-state index in [9.17, 15) is 22.8 Å². The van der Waals surface area contributed by atoms with Crippen molar-refractivity contribution in [1.82, 2.24) is 20.3 Å². The van der Waals surface area contributed by atoms with Crippen LogP contribution in [0.15, 0.2) is 48.7 Å². The summed E-state index contributed by atoms with van der Waals surface area (Å²) in [6, 6.07) is 10.9. The predicted octanol–water partition coefficient (Wildman–Crippen LogP) is 2.93. The number of pyridine rings is 1. The quantitative estimate of drug-likeness (QED) is 0.594. The summed E-state index contributed by atoms with van der Waals surface area (Å²) < 4.78 is 38.1. The third-order valence-corrected chi connectivity index (χ3v) is 5.40. The molecule has 4 rings (SSSR count). The first-order valence-electron chi connectivity index (χ1n) is 10.3. The first-order valence-corrected chi connectivity index (χ1v) is 10.3. The predicted molar refractivity (Wildman–Crippen MR) is 113 cm³/mol. The van der Waals surface area contributed by atoms with Crippen LogP contribution < -0.4 is 11.1 Å². The number of rotatable bonds is 6. The molecule has 1 atom stereocenters. The molecule has 170 valence electrons. The summed E-state index contributed by atoms with van der Waals surface area (Å²) in [6.45, 7) is 0.610. The zero-order valence-electron chi connectivity index (χ0n) is 17.4. The number of primary amides is 1. The molecule has 0 bridgehead atoms. The lowest BCUT2D eigenvalue weighted by molar-refractivity contribution is -0.137. The Hall–Kier alpha value is -3.82. The van der Waals surface area contributed by atoms with Crippen LogP contribution in [-0.4, -0.2) is 33.3 Å². The topological polar surface area (TPSA) is 111 Å². The van der Waals surface area contributed by atoms with E-state index in [-0.39, 0.29) is 17.5 Å². The lowest BCUT2D eigenvalue weighted by Gasteiger charge is -2.10. The maximum absolute atomic E-state index is 12.7. The van der Waals surface area contributed by atoms with E-state index in [4.69, 9.17) is 5.73 Å². The van der Waals surface area contributed by atoms with E-state index in [1.807, 2.05) is 0 Å². The van der Waals surface area contributed by atoms with Crippen molar-refractivity contribution in [3.05, 3.63) is 76.9 Å². The third kappa shape index (κ3) is 5.33. The van der Waals surface area contributed by atoms with Gasteiger partial charge in [-0.2, -0.15) is 13.2 Å². The van der Waals surface area contributed by atoms with Gasteiger partial charge < -0.3 is 11.1 Å². The molecule has 3 heterocycles. The van der Waals surface area contributed by atoms with Gasteiger partial charge in [-0.05, 0) is 30.2 Å². The van der Waals surface area contributed by atoms with Crippen LogP contribution in [0.3, 0.4) is 0 Å². The largest absolute Gasteiger partial charge is 0.417 e. The van der Waals surface area contributed by atoms with Crippen molar-refractivity contribution >= 4 is 11.8 Å². The Morgan fingerprint density at radius 3 is 2.42 bits per heavy atom. The first-order chi connectivity index (χ1) is 15.7. The van der Waals surface area contributed by atoms with Crippen molar-refractivity contribution in [1.29, 1.82) is 0 Å². The number of nitrogens with one attached hydrogen (secondary N) is 1. The molecule has 10 heteroatoms. The summed E-state index contributed by atoms with van der Waals surface area (Å²) >= 11 is 0. The van der Waals surface area contributed by atoms with E-state index < -0.39 is 17.6 Å². The molecule has 3 N–H and O–H groups in total. The van der Waals surface area contributed by atoms with Crippen molar-refractivity contribution in [3.63, 3.8) is 0 Å². The Morgan fingerprint density at radius 2 is 1.85 bits per heavy atom. The van der Waals surface area contributed by atoms with E-state index in [0.717, 1.165) is 17.8 Å². The number of aromatic nitrogens is 3. The zero-order valence-corrected chi connectivity index (χ0v) is 17.4. The molecule has 1 fully saturated rings. The number of hydrogen-bond acceptors (Lipinski definition) is 5. The Morgan fingerprint density at radius 1 is 1.09 bits per heavy atom. The van der Waals surface area contributed by atoms with Crippen molar-refractivity contribution in [2.75, 3.05) is 6.54 Å². The molecule has 0 aliphatic carbocycles. The normalized spacial score (nSPS) is 16.0. The second-order valence-electron chi connectivity index (χ2n) is 7.82. The minimum absolute atomic E-state index is 0.0444. The maximum atomic E-state index is 12.7. The molecule has 1 aromatic carbocycles. The molecule has 0 unspecified atom stereocenters. The summed E-state index contributed by atoms with van der Waals surface area (Å²) in [5.41, 5.74) is 7.22. The lowest BCUT2D eigenvalue weighted by atomic mass is 10.0. The molecular formula is C23H20F3N5O2. The molecule has 7 nitrogen and oxygen atoms in total. The fourth-order valence-electron chi connectivity index (χ4n) is 3.63. The van der Waals surface area contributed by atoms with Crippen molar-refractivity contribution in [2.45, 2.75) is 25.4 Å². The van der Waals surface area contributed by atoms with E-state index in [0.29, 0.717) is 48.6 Å². The van der Waals surface area contributed by atoms with Crippen LogP contribution in [-0.2, 0) is 23.8 Å². The molecule has 0 saturated carbocycles. The number of amides is 2. The van der Waals surface area contributed by atoms with Gasteiger partial charge in [-0.15, -0.1) is 0 Å². The second kappa shape index (κ2) is 8.97. The van der Waals surface area contributed by atoms with Crippen LogP contribution in [0.4, 0.5) is 13.2 Å². The van der Waals surface area contributed by atoms with Gasteiger partial charge in [0.15, 0.2) is 5.82 Å². The molecule has 0 radical (unpaired) electrons. The number of carbonyl (C=O) groups excluding carboxylic acids is 2. The van der Waals surface area contributed by atoms with Crippen LogP contribution in [0, 0.1) is 5.92 Å². The molecule has 3 aromatic rings. The van der Waals surface area contributed by atoms with Gasteiger partial charge in [0.25, 0.3) is 5.91 Å². The van der Waals surface area contributed by atoms with Gasteiger partial charge in [-0.3, -0.25) is 14.6 Å². The highest BCUT2D eigenvalue weighted by Crippen LogP contribution is 2.28. The van der Waals surface area contributed by atoms with Gasteiger partial charge in [0.05, 0.1) is 5.56 Å². The number of alkyl halides is 3. The molecule has 1 saturated heterocycles. The monoisotopic (exact) mass is 455 g/mol. The number of hydrogen-bond donors (Lipinski definition) is 2.